The summed E-state index contributed by atoms with van der Waals surface area (Å²) in [5, 5.41) is 19.2. The average Bonchev–Trinajstić information content (AvgIpc) is 3.34. The first-order valence-electron chi connectivity index (χ1n) is 9.10. The molecule has 0 unspecified atom stereocenters. The van der Waals surface area contributed by atoms with Crippen LogP contribution in [0.3, 0.4) is 0 Å². The second kappa shape index (κ2) is 8.41. The fraction of sp³-hybridized carbons (Fsp3) is 0.474. The number of hydrogen-bond acceptors (Lipinski definition) is 6. The average molecular weight is 419 g/mol. The summed E-state index contributed by atoms with van der Waals surface area (Å²) in [6.45, 7) is 5.30. The first kappa shape index (κ1) is 20.5. The van der Waals surface area contributed by atoms with Crippen LogP contribution in [-0.4, -0.2) is 57.0 Å². The van der Waals surface area contributed by atoms with Gasteiger partial charge < -0.3 is 9.80 Å². The van der Waals surface area contributed by atoms with Crippen molar-refractivity contribution in [1.29, 1.82) is 5.26 Å². The molecule has 1 fully saturated rings. The molecule has 7 nitrogen and oxygen atoms in total. The van der Waals surface area contributed by atoms with Gasteiger partial charge in [0.25, 0.3) is 0 Å². The highest BCUT2D eigenvalue weighted by Gasteiger charge is 2.28. The van der Waals surface area contributed by atoms with Crippen molar-refractivity contribution in [3.8, 4) is 11.8 Å². The van der Waals surface area contributed by atoms with Gasteiger partial charge in [-0.05, 0) is 44.9 Å². The fourth-order valence-corrected chi connectivity index (χ4v) is 3.97. The second-order valence-corrected chi connectivity index (χ2v) is 8.58. The topological polar surface area (TPSA) is 78.1 Å². The lowest BCUT2D eigenvalue weighted by Gasteiger charge is -2.29. The third-order valence-corrected chi connectivity index (χ3v) is 6.03. The Kier molecular flexibility index (Phi) is 6.16. The lowest BCUT2D eigenvalue weighted by atomic mass is 10.1. The van der Waals surface area contributed by atoms with E-state index in [-0.39, 0.29) is 11.7 Å². The maximum Gasteiger partial charge on any atom is 0.234 e. The Morgan fingerprint density at radius 1 is 1.36 bits per heavy atom. The van der Waals surface area contributed by atoms with Gasteiger partial charge in [0.1, 0.15) is 5.54 Å². The standard InChI is InChI=1S/C19H23ClN6OS/c1-19(2,13-21)24(3)16(27)12-28-18-23-22-17(25-9-4-5-10-25)26(18)15-8-6-7-14(20)11-15/h6-8,11H,4-5,9-10,12H2,1-3H3. The molecule has 2 aromatic rings. The van der Waals surface area contributed by atoms with E-state index in [2.05, 4.69) is 21.2 Å². The van der Waals surface area contributed by atoms with Crippen LogP contribution >= 0.6 is 23.4 Å². The molecule has 1 aromatic heterocycles. The Balaban J connectivity index is 1.87. The van der Waals surface area contributed by atoms with Crippen LogP contribution in [0.5, 0.6) is 0 Å². The predicted octanol–water partition coefficient (Wildman–Crippen LogP) is 3.37. The number of hydrogen-bond donors (Lipinski definition) is 0. The van der Waals surface area contributed by atoms with Gasteiger partial charge in [-0.3, -0.25) is 9.36 Å². The maximum absolute atomic E-state index is 12.6. The van der Waals surface area contributed by atoms with Gasteiger partial charge in [-0.15, -0.1) is 10.2 Å². The second-order valence-electron chi connectivity index (χ2n) is 7.20. The molecule has 1 aromatic carbocycles. The zero-order chi connectivity index (χ0) is 20.3. The van der Waals surface area contributed by atoms with Gasteiger partial charge in [-0.25, -0.2) is 0 Å². The van der Waals surface area contributed by atoms with Crippen LogP contribution in [-0.2, 0) is 4.79 Å². The van der Waals surface area contributed by atoms with E-state index in [4.69, 9.17) is 11.6 Å². The van der Waals surface area contributed by atoms with Crippen molar-refractivity contribution in [2.24, 2.45) is 0 Å². The van der Waals surface area contributed by atoms with Crippen molar-refractivity contribution in [1.82, 2.24) is 19.7 Å². The van der Waals surface area contributed by atoms with Crippen molar-refractivity contribution < 1.29 is 4.79 Å². The van der Waals surface area contributed by atoms with Crippen LogP contribution in [0.2, 0.25) is 5.02 Å². The molecule has 28 heavy (non-hydrogen) atoms. The van der Waals surface area contributed by atoms with Gasteiger partial charge in [0.15, 0.2) is 5.16 Å². The van der Waals surface area contributed by atoms with Gasteiger partial charge in [0, 0.05) is 25.2 Å². The van der Waals surface area contributed by atoms with Gasteiger partial charge in [0.2, 0.25) is 11.9 Å². The van der Waals surface area contributed by atoms with Crippen LogP contribution in [0.1, 0.15) is 26.7 Å². The molecular formula is C19H23ClN6OS. The number of nitriles is 1. The summed E-state index contributed by atoms with van der Waals surface area (Å²) in [7, 11) is 1.64. The van der Waals surface area contributed by atoms with Crippen LogP contribution in [0.4, 0.5) is 5.95 Å². The molecular weight excluding hydrogens is 396 g/mol. The van der Waals surface area contributed by atoms with E-state index in [1.807, 2.05) is 28.8 Å². The summed E-state index contributed by atoms with van der Waals surface area (Å²) >= 11 is 7.50. The molecule has 0 aliphatic carbocycles. The first-order valence-corrected chi connectivity index (χ1v) is 10.5. The van der Waals surface area contributed by atoms with Gasteiger partial charge >= 0.3 is 0 Å². The minimum atomic E-state index is -0.862. The lowest BCUT2D eigenvalue weighted by Crippen LogP contribution is -2.44. The van der Waals surface area contributed by atoms with Crippen molar-refractivity contribution in [3.05, 3.63) is 29.3 Å². The highest BCUT2D eigenvalue weighted by molar-refractivity contribution is 7.99. The van der Waals surface area contributed by atoms with Crippen LogP contribution in [0.25, 0.3) is 5.69 Å². The normalized spacial score (nSPS) is 14.2. The zero-order valence-electron chi connectivity index (χ0n) is 16.2. The summed E-state index contributed by atoms with van der Waals surface area (Å²) in [5.41, 5.74) is -0.000955. The molecule has 1 aliphatic rings. The number of anilines is 1. The van der Waals surface area contributed by atoms with Crippen molar-refractivity contribution in [2.75, 3.05) is 30.8 Å². The lowest BCUT2D eigenvalue weighted by molar-refractivity contribution is -0.130. The van der Waals surface area contributed by atoms with E-state index < -0.39 is 5.54 Å². The van der Waals surface area contributed by atoms with Crippen LogP contribution < -0.4 is 4.90 Å². The molecule has 0 bridgehead atoms. The van der Waals surface area contributed by atoms with E-state index >= 15 is 0 Å². The summed E-state index contributed by atoms with van der Waals surface area (Å²) in [4.78, 5) is 16.2. The monoisotopic (exact) mass is 418 g/mol. The molecule has 0 saturated carbocycles. The van der Waals surface area contributed by atoms with Gasteiger partial charge in [-0.1, -0.05) is 29.4 Å². The molecule has 0 radical (unpaired) electrons. The summed E-state index contributed by atoms with van der Waals surface area (Å²) < 4.78 is 1.95. The van der Waals surface area contributed by atoms with E-state index in [0.717, 1.165) is 37.6 Å². The van der Waals surface area contributed by atoms with Crippen molar-refractivity contribution >= 4 is 35.2 Å². The van der Waals surface area contributed by atoms with Gasteiger partial charge in [-0.2, -0.15) is 5.26 Å². The number of carbonyl (C=O) groups excluding carboxylic acids is 1. The van der Waals surface area contributed by atoms with Crippen molar-refractivity contribution in [3.63, 3.8) is 0 Å². The zero-order valence-corrected chi connectivity index (χ0v) is 17.8. The van der Waals surface area contributed by atoms with E-state index in [0.29, 0.717) is 10.2 Å². The van der Waals surface area contributed by atoms with Crippen LogP contribution in [0.15, 0.2) is 29.4 Å². The highest BCUT2D eigenvalue weighted by atomic mass is 35.5. The van der Waals surface area contributed by atoms with Gasteiger partial charge in [0.05, 0.1) is 17.5 Å². The molecule has 9 heteroatoms. The number of carbonyl (C=O) groups is 1. The van der Waals surface area contributed by atoms with E-state index in [1.54, 1.807) is 20.9 Å². The Bertz CT molecular complexity index is 900. The molecule has 3 rings (SSSR count). The highest BCUT2D eigenvalue weighted by Crippen LogP contribution is 2.30. The summed E-state index contributed by atoms with van der Waals surface area (Å²) in [5.74, 6) is 0.792. The third kappa shape index (κ3) is 4.26. The third-order valence-electron chi connectivity index (χ3n) is 4.88. The summed E-state index contributed by atoms with van der Waals surface area (Å²) in [6, 6.07) is 9.66. The summed E-state index contributed by atoms with van der Waals surface area (Å²) in [6.07, 6.45) is 2.24. The minimum Gasteiger partial charge on any atom is -0.341 e. The number of thioether (sulfide) groups is 1. The Labute approximate surface area is 174 Å². The molecule has 148 valence electrons. The van der Waals surface area contributed by atoms with E-state index in [1.165, 1.54) is 16.7 Å². The number of halogens is 1. The number of rotatable bonds is 6. The van der Waals surface area contributed by atoms with Crippen molar-refractivity contribution in [2.45, 2.75) is 37.4 Å². The Morgan fingerprint density at radius 2 is 2.07 bits per heavy atom. The Hall–Kier alpha value is -2.24. The Morgan fingerprint density at radius 3 is 2.71 bits per heavy atom. The molecule has 0 atom stereocenters. The minimum absolute atomic E-state index is 0.139. The molecule has 0 spiro atoms. The molecule has 0 N–H and O–H groups in total. The quantitative estimate of drug-likeness (QED) is 0.669. The smallest absolute Gasteiger partial charge is 0.234 e. The SMILES string of the molecule is CN(C(=O)CSc1nnc(N2CCCC2)n1-c1cccc(Cl)c1)C(C)(C)C#N. The molecule has 2 heterocycles. The largest absolute Gasteiger partial charge is 0.341 e. The van der Waals surface area contributed by atoms with Crippen LogP contribution in [0, 0.1) is 11.3 Å². The molecule has 1 amide bonds. The number of nitrogens with zero attached hydrogens (tertiary/aromatic N) is 6. The number of amides is 1. The number of aromatic nitrogens is 3. The first-order chi connectivity index (χ1) is 13.3. The number of benzene rings is 1. The maximum atomic E-state index is 12.6. The fourth-order valence-electron chi connectivity index (χ4n) is 2.93. The molecule has 1 saturated heterocycles. The molecule has 1 aliphatic heterocycles. The predicted molar refractivity (Wildman–Crippen MR) is 111 cm³/mol. The van der Waals surface area contributed by atoms with E-state index in [9.17, 15) is 10.1 Å².